The molecule has 2 nitrogen and oxygen atoms in total. The van der Waals surface area contributed by atoms with Crippen LogP contribution in [-0.4, -0.2) is 10.1 Å². The van der Waals surface area contributed by atoms with Crippen LogP contribution in [0, 0.1) is 0 Å². The zero-order chi connectivity index (χ0) is 14.2. The van der Waals surface area contributed by atoms with Crippen molar-refractivity contribution in [1.82, 2.24) is 4.98 Å². The second-order valence-corrected chi connectivity index (χ2v) is 5.92. The molecule has 0 saturated heterocycles. The van der Waals surface area contributed by atoms with Gasteiger partial charge in [0.1, 0.15) is 6.10 Å². The number of rotatable bonds is 2. The van der Waals surface area contributed by atoms with Crippen LogP contribution in [0.2, 0.25) is 0 Å². The Kier molecular flexibility index (Phi) is 4.12. The number of aliphatic hydroxyl groups is 1. The third kappa shape index (κ3) is 2.37. The Bertz CT molecular complexity index is 920. The molecule has 1 N–H and O–H groups in total. The fourth-order valence-corrected chi connectivity index (χ4v) is 3.70. The van der Waals surface area contributed by atoms with Crippen molar-refractivity contribution in [1.29, 1.82) is 0 Å². The number of nitrogens with zero attached hydrogens (tertiary/aromatic N) is 1. The summed E-state index contributed by atoms with van der Waals surface area (Å²) in [5, 5.41) is 16.4. The topological polar surface area (TPSA) is 33.1 Å². The molecule has 0 aliphatic rings. The van der Waals surface area contributed by atoms with Crippen LogP contribution in [0.5, 0.6) is 0 Å². The average Bonchev–Trinajstić information content (AvgIpc) is 3.04. The second kappa shape index (κ2) is 6.05. The molecule has 0 fully saturated rings. The Balaban J connectivity index is 0.00000144. The number of thiophene rings is 1. The maximum Gasteiger partial charge on any atom is 0.122 e. The quantitative estimate of drug-likeness (QED) is 0.565. The van der Waals surface area contributed by atoms with Gasteiger partial charge in [-0.3, -0.25) is 4.98 Å². The molecule has 0 radical (unpaired) electrons. The van der Waals surface area contributed by atoms with Gasteiger partial charge >= 0.3 is 0 Å². The van der Waals surface area contributed by atoms with Gasteiger partial charge in [0, 0.05) is 21.8 Å². The Morgan fingerprint density at radius 1 is 0.955 bits per heavy atom. The number of hydrogen-bond acceptors (Lipinski definition) is 3. The lowest BCUT2D eigenvalue weighted by Gasteiger charge is -2.13. The average molecular weight is 328 g/mol. The number of halogens is 1. The maximum absolute atomic E-state index is 10.7. The summed E-state index contributed by atoms with van der Waals surface area (Å²) in [5.74, 6) is 0. The molecule has 4 aromatic rings. The van der Waals surface area contributed by atoms with Crippen LogP contribution < -0.4 is 0 Å². The molecule has 0 spiro atoms. The van der Waals surface area contributed by atoms with Gasteiger partial charge in [-0.15, -0.1) is 23.7 Å². The molecule has 4 heteroatoms. The van der Waals surface area contributed by atoms with Gasteiger partial charge in [-0.25, -0.2) is 0 Å². The van der Waals surface area contributed by atoms with Gasteiger partial charge in [0.05, 0.1) is 5.69 Å². The number of hydrogen-bond donors (Lipinski definition) is 1. The van der Waals surface area contributed by atoms with Gasteiger partial charge in [0.15, 0.2) is 0 Å². The molecule has 0 saturated carbocycles. The Hall–Kier alpha value is -1.94. The van der Waals surface area contributed by atoms with Crippen LogP contribution >= 0.6 is 23.7 Å². The van der Waals surface area contributed by atoms with Gasteiger partial charge in [-0.1, -0.05) is 30.3 Å². The third-order valence-corrected chi connectivity index (χ3v) is 4.72. The van der Waals surface area contributed by atoms with E-state index in [0.717, 1.165) is 15.6 Å². The van der Waals surface area contributed by atoms with Crippen molar-refractivity contribution in [3.05, 3.63) is 77.4 Å². The first-order chi connectivity index (χ1) is 10.3. The highest BCUT2D eigenvalue weighted by molar-refractivity contribution is 7.17. The first-order valence-corrected chi connectivity index (χ1v) is 7.70. The molecule has 22 heavy (non-hydrogen) atoms. The predicted octanol–water partition coefficient (Wildman–Crippen LogP) is 4.95. The minimum Gasteiger partial charge on any atom is -0.382 e. The molecule has 2 aromatic carbocycles. The van der Waals surface area contributed by atoms with Gasteiger partial charge < -0.3 is 5.11 Å². The van der Waals surface area contributed by atoms with Gasteiger partial charge in [0.25, 0.3) is 0 Å². The molecule has 1 unspecified atom stereocenters. The summed E-state index contributed by atoms with van der Waals surface area (Å²) >= 11 is 1.66. The van der Waals surface area contributed by atoms with Crippen molar-refractivity contribution < 1.29 is 5.11 Å². The second-order valence-electron chi connectivity index (χ2n) is 5.01. The molecule has 110 valence electrons. The van der Waals surface area contributed by atoms with Gasteiger partial charge in [0.2, 0.25) is 0 Å². The van der Waals surface area contributed by atoms with E-state index in [-0.39, 0.29) is 12.4 Å². The van der Waals surface area contributed by atoms with E-state index in [1.165, 1.54) is 10.8 Å². The van der Waals surface area contributed by atoms with E-state index in [0.29, 0.717) is 5.69 Å². The third-order valence-electron chi connectivity index (χ3n) is 3.75. The highest BCUT2D eigenvalue weighted by Crippen LogP contribution is 2.36. The van der Waals surface area contributed by atoms with E-state index in [1.54, 1.807) is 17.5 Å². The number of aromatic nitrogens is 1. The van der Waals surface area contributed by atoms with Crippen molar-refractivity contribution >= 4 is 44.6 Å². The molecular weight excluding hydrogens is 314 g/mol. The molecular formula is C18H14ClNOS. The largest absolute Gasteiger partial charge is 0.382 e. The molecule has 0 amide bonds. The Morgan fingerprint density at radius 2 is 1.77 bits per heavy atom. The lowest BCUT2D eigenvalue weighted by atomic mass is 9.98. The zero-order valence-corrected chi connectivity index (χ0v) is 13.3. The first kappa shape index (κ1) is 15.0. The van der Waals surface area contributed by atoms with Gasteiger partial charge in [-0.05, 0) is 40.4 Å². The van der Waals surface area contributed by atoms with Crippen molar-refractivity contribution in [2.75, 3.05) is 0 Å². The zero-order valence-electron chi connectivity index (χ0n) is 11.6. The molecule has 0 aliphatic heterocycles. The summed E-state index contributed by atoms with van der Waals surface area (Å²) in [6, 6.07) is 18.1. The van der Waals surface area contributed by atoms with Crippen LogP contribution in [-0.2, 0) is 0 Å². The van der Waals surface area contributed by atoms with Crippen LogP contribution in [0.1, 0.15) is 17.4 Å². The van der Waals surface area contributed by atoms with Crippen LogP contribution in [0.3, 0.4) is 0 Å². The molecule has 2 aromatic heterocycles. The summed E-state index contributed by atoms with van der Waals surface area (Å²) in [5.41, 5.74) is 1.61. The Morgan fingerprint density at radius 3 is 2.59 bits per heavy atom. The summed E-state index contributed by atoms with van der Waals surface area (Å²) in [4.78, 5) is 4.28. The van der Waals surface area contributed by atoms with E-state index in [2.05, 4.69) is 34.6 Å². The van der Waals surface area contributed by atoms with Crippen molar-refractivity contribution in [2.24, 2.45) is 0 Å². The minimum atomic E-state index is -0.697. The van der Waals surface area contributed by atoms with Crippen molar-refractivity contribution in [2.45, 2.75) is 6.10 Å². The van der Waals surface area contributed by atoms with Crippen molar-refractivity contribution in [3.8, 4) is 0 Å². The summed E-state index contributed by atoms with van der Waals surface area (Å²) in [6.45, 7) is 0. The number of pyridine rings is 1. The van der Waals surface area contributed by atoms with Crippen molar-refractivity contribution in [3.63, 3.8) is 0 Å². The Labute approximate surface area is 138 Å². The van der Waals surface area contributed by atoms with E-state index in [4.69, 9.17) is 0 Å². The van der Waals surface area contributed by atoms with E-state index < -0.39 is 6.10 Å². The number of benzene rings is 2. The number of aliphatic hydroxyl groups excluding tert-OH is 1. The van der Waals surface area contributed by atoms with Crippen LogP contribution in [0.25, 0.3) is 20.9 Å². The normalized spacial score (nSPS) is 12.2. The lowest BCUT2D eigenvalue weighted by Crippen LogP contribution is -2.02. The van der Waals surface area contributed by atoms with E-state index in [1.807, 2.05) is 30.3 Å². The van der Waals surface area contributed by atoms with Crippen LogP contribution in [0.15, 0.2) is 66.2 Å². The summed E-state index contributed by atoms with van der Waals surface area (Å²) in [7, 11) is 0. The van der Waals surface area contributed by atoms with E-state index in [9.17, 15) is 5.11 Å². The number of fused-ring (bicyclic) bond motifs is 3. The highest BCUT2D eigenvalue weighted by atomic mass is 35.5. The smallest absolute Gasteiger partial charge is 0.122 e. The van der Waals surface area contributed by atoms with E-state index >= 15 is 0 Å². The van der Waals surface area contributed by atoms with Crippen LogP contribution in [0.4, 0.5) is 0 Å². The highest BCUT2D eigenvalue weighted by Gasteiger charge is 2.17. The fourth-order valence-electron chi connectivity index (χ4n) is 2.75. The SMILES string of the molecule is Cl.OC(c1ccccn1)c1cc2ccccc2c2ccsc12. The molecule has 1 atom stereocenters. The standard InChI is InChI=1S/C18H13NOS.ClH/c20-17(16-7-3-4-9-19-16)15-11-12-5-1-2-6-13(12)14-8-10-21-18(14)15;/h1-11,17,20H;1H. The monoisotopic (exact) mass is 327 g/mol. The lowest BCUT2D eigenvalue weighted by molar-refractivity contribution is 0.217. The first-order valence-electron chi connectivity index (χ1n) is 6.82. The molecule has 0 bridgehead atoms. The predicted molar refractivity (Wildman–Crippen MR) is 94.9 cm³/mol. The summed E-state index contributed by atoms with van der Waals surface area (Å²) in [6.07, 6.45) is 1.02. The molecule has 2 heterocycles. The van der Waals surface area contributed by atoms with Gasteiger partial charge in [-0.2, -0.15) is 0 Å². The molecule has 0 aliphatic carbocycles. The maximum atomic E-state index is 10.7. The molecule has 4 rings (SSSR count). The summed E-state index contributed by atoms with van der Waals surface area (Å²) < 4.78 is 1.13. The minimum absolute atomic E-state index is 0. The fraction of sp³-hybridized carbons (Fsp3) is 0.0556.